The lowest BCUT2D eigenvalue weighted by Gasteiger charge is -2.10. The Bertz CT molecular complexity index is 470. The van der Waals surface area contributed by atoms with Crippen LogP contribution in [-0.4, -0.2) is 33.8 Å². The van der Waals surface area contributed by atoms with Gasteiger partial charge in [-0.3, -0.25) is 0 Å². The van der Waals surface area contributed by atoms with Crippen LogP contribution < -0.4 is 0 Å². The van der Waals surface area contributed by atoms with E-state index in [0.717, 1.165) is 24.5 Å². The maximum absolute atomic E-state index is 4.29. The summed E-state index contributed by atoms with van der Waals surface area (Å²) in [5.41, 5.74) is 2.42. The van der Waals surface area contributed by atoms with Crippen LogP contribution in [0.3, 0.4) is 0 Å². The molecule has 0 saturated heterocycles. The summed E-state index contributed by atoms with van der Waals surface area (Å²) >= 11 is 0. The molecule has 4 nitrogen and oxygen atoms in total. The van der Waals surface area contributed by atoms with E-state index in [1.54, 1.807) is 6.33 Å². The SMILES string of the molecule is CCn1ncnc1-c1ccc(CN(C)C)cc1. The molecule has 0 unspecified atom stereocenters. The average Bonchev–Trinajstić information content (AvgIpc) is 2.77. The second kappa shape index (κ2) is 5.10. The fraction of sp³-hybridized carbons (Fsp3) is 0.385. The molecule has 0 saturated carbocycles. The van der Waals surface area contributed by atoms with E-state index in [9.17, 15) is 0 Å². The molecule has 0 spiro atoms. The van der Waals surface area contributed by atoms with Crippen molar-refractivity contribution in [2.45, 2.75) is 20.0 Å². The molecule has 1 heterocycles. The van der Waals surface area contributed by atoms with E-state index >= 15 is 0 Å². The second-order valence-electron chi connectivity index (χ2n) is 4.33. The number of benzene rings is 1. The number of aryl methyl sites for hydroxylation is 1. The molecule has 0 N–H and O–H groups in total. The third-order valence-corrected chi connectivity index (χ3v) is 2.63. The van der Waals surface area contributed by atoms with Gasteiger partial charge in [-0.2, -0.15) is 5.10 Å². The van der Waals surface area contributed by atoms with Gasteiger partial charge in [0.05, 0.1) is 0 Å². The van der Waals surface area contributed by atoms with Gasteiger partial charge in [-0.05, 0) is 26.6 Å². The fourth-order valence-electron chi connectivity index (χ4n) is 1.84. The van der Waals surface area contributed by atoms with Crippen LogP contribution in [0.1, 0.15) is 12.5 Å². The first-order chi connectivity index (χ1) is 8.20. The number of hydrogen-bond acceptors (Lipinski definition) is 3. The molecule has 0 amide bonds. The molecule has 4 heteroatoms. The summed E-state index contributed by atoms with van der Waals surface area (Å²) in [4.78, 5) is 6.45. The van der Waals surface area contributed by atoms with E-state index < -0.39 is 0 Å². The van der Waals surface area contributed by atoms with Crippen LogP contribution in [0.25, 0.3) is 11.4 Å². The van der Waals surface area contributed by atoms with Crippen molar-refractivity contribution in [2.24, 2.45) is 0 Å². The van der Waals surface area contributed by atoms with E-state index in [1.807, 2.05) is 4.68 Å². The highest BCUT2D eigenvalue weighted by molar-refractivity contribution is 5.55. The summed E-state index contributed by atoms with van der Waals surface area (Å²) in [5, 5.41) is 4.18. The molecule has 90 valence electrons. The Balaban J connectivity index is 2.23. The highest BCUT2D eigenvalue weighted by Gasteiger charge is 2.05. The number of aromatic nitrogens is 3. The van der Waals surface area contributed by atoms with Gasteiger partial charge in [0.25, 0.3) is 0 Å². The number of rotatable bonds is 4. The Morgan fingerprint density at radius 2 is 1.88 bits per heavy atom. The molecule has 0 aliphatic heterocycles. The lowest BCUT2D eigenvalue weighted by atomic mass is 10.1. The Kier molecular flexibility index (Phi) is 3.54. The Morgan fingerprint density at radius 3 is 2.47 bits per heavy atom. The van der Waals surface area contributed by atoms with Crippen molar-refractivity contribution >= 4 is 0 Å². The van der Waals surface area contributed by atoms with Crippen LogP contribution in [0.15, 0.2) is 30.6 Å². The van der Waals surface area contributed by atoms with Gasteiger partial charge in [0.2, 0.25) is 0 Å². The molecule has 0 atom stereocenters. The Labute approximate surface area is 102 Å². The average molecular weight is 230 g/mol. The second-order valence-corrected chi connectivity index (χ2v) is 4.33. The molecule has 1 aromatic heterocycles. The van der Waals surface area contributed by atoms with Gasteiger partial charge in [-0.15, -0.1) is 0 Å². The minimum Gasteiger partial charge on any atom is -0.305 e. The van der Waals surface area contributed by atoms with Gasteiger partial charge in [0.1, 0.15) is 6.33 Å². The fourth-order valence-corrected chi connectivity index (χ4v) is 1.84. The smallest absolute Gasteiger partial charge is 0.158 e. The number of hydrogen-bond donors (Lipinski definition) is 0. The highest BCUT2D eigenvalue weighted by Crippen LogP contribution is 2.17. The monoisotopic (exact) mass is 230 g/mol. The lowest BCUT2D eigenvalue weighted by molar-refractivity contribution is 0.402. The third-order valence-electron chi connectivity index (χ3n) is 2.63. The van der Waals surface area contributed by atoms with Crippen LogP contribution in [0, 0.1) is 0 Å². The van der Waals surface area contributed by atoms with Crippen molar-refractivity contribution in [2.75, 3.05) is 14.1 Å². The summed E-state index contributed by atoms with van der Waals surface area (Å²) in [6.45, 7) is 3.87. The zero-order valence-electron chi connectivity index (χ0n) is 10.6. The van der Waals surface area contributed by atoms with Gasteiger partial charge in [-0.1, -0.05) is 24.3 Å². The van der Waals surface area contributed by atoms with E-state index in [1.165, 1.54) is 5.56 Å². The summed E-state index contributed by atoms with van der Waals surface area (Å²) in [7, 11) is 4.14. The van der Waals surface area contributed by atoms with Crippen LogP contribution in [0.4, 0.5) is 0 Å². The third kappa shape index (κ3) is 2.71. The minimum absolute atomic E-state index is 0.842. The van der Waals surface area contributed by atoms with E-state index in [-0.39, 0.29) is 0 Å². The molecule has 17 heavy (non-hydrogen) atoms. The molecular formula is C13H18N4. The quantitative estimate of drug-likeness (QED) is 0.806. The maximum atomic E-state index is 4.29. The first-order valence-electron chi connectivity index (χ1n) is 5.82. The molecule has 0 aliphatic rings. The van der Waals surface area contributed by atoms with E-state index in [2.05, 4.69) is 60.3 Å². The van der Waals surface area contributed by atoms with Crippen LogP contribution in [0.5, 0.6) is 0 Å². The maximum Gasteiger partial charge on any atom is 0.158 e. The van der Waals surface area contributed by atoms with Crippen molar-refractivity contribution in [3.05, 3.63) is 36.2 Å². The molecule has 0 bridgehead atoms. The molecule has 0 fully saturated rings. The van der Waals surface area contributed by atoms with Crippen LogP contribution in [0.2, 0.25) is 0 Å². The van der Waals surface area contributed by atoms with Gasteiger partial charge < -0.3 is 4.90 Å². The zero-order valence-corrected chi connectivity index (χ0v) is 10.6. The molecular weight excluding hydrogens is 212 g/mol. The normalized spacial score (nSPS) is 11.1. The van der Waals surface area contributed by atoms with Gasteiger partial charge in [0, 0.05) is 18.7 Å². The van der Waals surface area contributed by atoms with Crippen molar-refractivity contribution in [3.8, 4) is 11.4 Å². The van der Waals surface area contributed by atoms with Gasteiger partial charge >= 0.3 is 0 Å². The molecule has 2 rings (SSSR count). The summed E-state index contributed by atoms with van der Waals surface area (Å²) < 4.78 is 1.90. The first kappa shape index (κ1) is 11.8. The Hall–Kier alpha value is -1.68. The van der Waals surface area contributed by atoms with E-state index in [0.29, 0.717) is 0 Å². The molecule has 1 aromatic carbocycles. The van der Waals surface area contributed by atoms with Crippen molar-refractivity contribution in [3.63, 3.8) is 0 Å². The standard InChI is InChI=1S/C13H18N4/c1-4-17-13(14-10-15-17)12-7-5-11(6-8-12)9-16(2)3/h5-8,10H,4,9H2,1-3H3. The minimum atomic E-state index is 0.842. The molecule has 0 aliphatic carbocycles. The summed E-state index contributed by atoms with van der Waals surface area (Å²) in [5.74, 6) is 0.934. The molecule has 0 radical (unpaired) electrons. The topological polar surface area (TPSA) is 34.0 Å². The van der Waals surface area contributed by atoms with Crippen molar-refractivity contribution in [1.82, 2.24) is 19.7 Å². The number of nitrogens with zero attached hydrogens (tertiary/aromatic N) is 4. The molecule has 2 aromatic rings. The zero-order chi connectivity index (χ0) is 12.3. The van der Waals surface area contributed by atoms with Crippen LogP contribution >= 0.6 is 0 Å². The van der Waals surface area contributed by atoms with Gasteiger partial charge in [-0.25, -0.2) is 9.67 Å². The largest absolute Gasteiger partial charge is 0.305 e. The lowest BCUT2D eigenvalue weighted by Crippen LogP contribution is -2.10. The predicted molar refractivity (Wildman–Crippen MR) is 68.5 cm³/mol. The van der Waals surface area contributed by atoms with E-state index in [4.69, 9.17) is 0 Å². The first-order valence-corrected chi connectivity index (χ1v) is 5.82. The summed E-state index contributed by atoms with van der Waals surface area (Å²) in [6.07, 6.45) is 1.60. The summed E-state index contributed by atoms with van der Waals surface area (Å²) in [6, 6.07) is 8.50. The Morgan fingerprint density at radius 1 is 1.18 bits per heavy atom. The van der Waals surface area contributed by atoms with Crippen molar-refractivity contribution < 1.29 is 0 Å². The van der Waals surface area contributed by atoms with Gasteiger partial charge in [0.15, 0.2) is 5.82 Å². The highest BCUT2D eigenvalue weighted by atomic mass is 15.3. The van der Waals surface area contributed by atoms with Crippen molar-refractivity contribution in [1.29, 1.82) is 0 Å². The van der Waals surface area contributed by atoms with Crippen LogP contribution in [-0.2, 0) is 13.1 Å². The predicted octanol–water partition coefficient (Wildman–Crippen LogP) is 2.03.